The van der Waals surface area contributed by atoms with E-state index < -0.39 is 14.9 Å². The molecule has 0 aromatic heterocycles. The van der Waals surface area contributed by atoms with Gasteiger partial charge in [0, 0.05) is 26.8 Å². The molecule has 0 fully saturated rings. The van der Waals surface area contributed by atoms with Crippen molar-refractivity contribution >= 4 is 54.8 Å². The molecule has 0 spiro atoms. The Kier molecular flexibility index (Phi) is 5.92. The Balaban J connectivity index is 1.92. The van der Waals surface area contributed by atoms with Crippen LogP contribution in [0.3, 0.4) is 0 Å². The van der Waals surface area contributed by atoms with Crippen molar-refractivity contribution in [1.82, 2.24) is 0 Å². The number of anilines is 2. The van der Waals surface area contributed by atoms with Crippen LogP contribution in [0, 0.1) is 10.1 Å². The van der Waals surface area contributed by atoms with Crippen molar-refractivity contribution < 1.29 is 13.3 Å². The third-order valence-electron chi connectivity index (χ3n) is 3.64. The van der Waals surface area contributed by atoms with Gasteiger partial charge in [0.25, 0.3) is 15.7 Å². The minimum atomic E-state index is -3.97. The molecular formula is C18H14BrN3O4S2. The second kappa shape index (κ2) is 8.21. The summed E-state index contributed by atoms with van der Waals surface area (Å²) in [6.07, 6.45) is 0. The summed E-state index contributed by atoms with van der Waals surface area (Å²) in [6, 6.07) is 17.2. The van der Waals surface area contributed by atoms with E-state index in [-0.39, 0.29) is 10.6 Å². The monoisotopic (exact) mass is 479 g/mol. The highest BCUT2D eigenvalue weighted by atomic mass is 79.9. The maximum atomic E-state index is 12.6. The molecule has 3 aromatic carbocycles. The zero-order chi connectivity index (χ0) is 20.3. The van der Waals surface area contributed by atoms with Gasteiger partial charge in [0.15, 0.2) is 0 Å². The first-order chi connectivity index (χ1) is 13.2. The van der Waals surface area contributed by atoms with E-state index in [1.54, 1.807) is 48.5 Å². The topological polar surface area (TPSA) is 115 Å². The number of nitro groups is 1. The Hall–Kier alpha value is -2.56. The first kappa shape index (κ1) is 20.2. The normalized spacial score (nSPS) is 11.2. The molecule has 0 amide bonds. The predicted molar refractivity (Wildman–Crippen MR) is 113 cm³/mol. The molecule has 0 saturated heterocycles. The lowest BCUT2D eigenvalue weighted by atomic mass is 10.3. The molecule has 3 rings (SSSR count). The molecule has 0 aliphatic heterocycles. The van der Waals surface area contributed by atoms with E-state index in [4.69, 9.17) is 5.73 Å². The van der Waals surface area contributed by atoms with Crippen molar-refractivity contribution in [2.45, 2.75) is 14.7 Å². The second-order valence-electron chi connectivity index (χ2n) is 5.67. The van der Waals surface area contributed by atoms with Gasteiger partial charge in [-0.1, -0.05) is 27.7 Å². The number of nitrogen functional groups attached to an aromatic ring is 1. The molecule has 3 aromatic rings. The molecule has 7 nitrogen and oxygen atoms in total. The summed E-state index contributed by atoms with van der Waals surface area (Å²) in [7, 11) is -3.97. The Labute approximate surface area is 174 Å². The Bertz CT molecular complexity index is 1120. The molecule has 3 N–H and O–H groups in total. The minimum absolute atomic E-state index is 0.191. The largest absolute Gasteiger partial charge is 0.399 e. The SMILES string of the molecule is Nc1ccc(Sc2ccc(S(=O)(=O)Nc3ccc(Br)cc3)cc2[N+](=O)[O-])cc1. The Morgan fingerprint density at radius 3 is 2.25 bits per heavy atom. The van der Waals surface area contributed by atoms with E-state index in [0.717, 1.165) is 27.2 Å². The van der Waals surface area contributed by atoms with Gasteiger partial charge in [-0.3, -0.25) is 14.8 Å². The highest BCUT2D eigenvalue weighted by Gasteiger charge is 2.22. The fraction of sp³-hybridized carbons (Fsp3) is 0. The fourth-order valence-electron chi connectivity index (χ4n) is 2.29. The Morgan fingerprint density at radius 2 is 1.64 bits per heavy atom. The van der Waals surface area contributed by atoms with Crippen LogP contribution in [0.5, 0.6) is 0 Å². The van der Waals surface area contributed by atoms with Crippen LogP contribution < -0.4 is 10.5 Å². The standard InChI is InChI=1S/C18H14BrN3O4S2/c19-12-1-5-14(6-2-12)21-28(25,26)16-9-10-18(17(11-16)22(23)24)27-15-7-3-13(20)4-8-15/h1-11,21H,20H2. The number of hydrogen-bond donors (Lipinski definition) is 2. The van der Waals surface area contributed by atoms with Gasteiger partial charge in [-0.2, -0.15) is 0 Å². The summed E-state index contributed by atoms with van der Waals surface area (Å²) in [5.41, 5.74) is 6.29. The zero-order valence-electron chi connectivity index (χ0n) is 14.2. The van der Waals surface area contributed by atoms with Crippen LogP contribution in [0.2, 0.25) is 0 Å². The van der Waals surface area contributed by atoms with Crippen molar-refractivity contribution in [1.29, 1.82) is 0 Å². The number of nitrogens with two attached hydrogens (primary N) is 1. The lowest BCUT2D eigenvalue weighted by molar-refractivity contribution is -0.388. The maximum absolute atomic E-state index is 12.6. The van der Waals surface area contributed by atoms with Crippen molar-refractivity contribution in [3.8, 4) is 0 Å². The van der Waals surface area contributed by atoms with Gasteiger partial charge < -0.3 is 5.73 Å². The third kappa shape index (κ3) is 4.83. The highest BCUT2D eigenvalue weighted by molar-refractivity contribution is 9.10. The van der Waals surface area contributed by atoms with Crippen LogP contribution in [0.1, 0.15) is 0 Å². The van der Waals surface area contributed by atoms with Gasteiger partial charge in [0.1, 0.15) is 0 Å². The zero-order valence-corrected chi connectivity index (χ0v) is 17.4. The van der Waals surface area contributed by atoms with E-state index in [1.165, 1.54) is 12.1 Å². The molecule has 0 atom stereocenters. The van der Waals surface area contributed by atoms with Crippen LogP contribution >= 0.6 is 27.7 Å². The average Bonchev–Trinajstić information content (AvgIpc) is 2.65. The van der Waals surface area contributed by atoms with Gasteiger partial charge >= 0.3 is 0 Å². The second-order valence-corrected chi connectivity index (χ2v) is 9.38. The van der Waals surface area contributed by atoms with Crippen molar-refractivity contribution in [2.24, 2.45) is 0 Å². The molecule has 0 saturated carbocycles. The van der Waals surface area contributed by atoms with Crippen LogP contribution in [0.15, 0.2) is 85.9 Å². The first-order valence-electron chi connectivity index (χ1n) is 7.85. The first-order valence-corrected chi connectivity index (χ1v) is 10.9. The summed E-state index contributed by atoms with van der Waals surface area (Å²) in [4.78, 5) is 11.8. The van der Waals surface area contributed by atoms with Gasteiger partial charge in [0.2, 0.25) is 0 Å². The van der Waals surface area contributed by atoms with Crippen molar-refractivity contribution in [2.75, 3.05) is 10.5 Å². The molecule has 28 heavy (non-hydrogen) atoms. The van der Waals surface area contributed by atoms with Crippen LogP contribution in [0.25, 0.3) is 0 Å². The van der Waals surface area contributed by atoms with Crippen LogP contribution in [0.4, 0.5) is 17.1 Å². The van der Waals surface area contributed by atoms with Gasteiger partial charge in [-0.05, 0) is 60.7 Å². The smallest absolute Gasteiger partial charge is 0.284 e. The number of nitro benzene ring substituents is 1. The van der Waals surface area contributed by atoms with Gasteiger partial charge in [0.05, 0.1) is 14.7 Å². The summed E-state index contributed by atoms with van der Waals surface area (Å²) in [5, 5.41) is 11.5. The number of nitrogens with zero attached hydrogens (tertiary/aromatic N) is 1. The molecular weight excluding hydrogens is 466 g/mol. The number of hydrogen-bond acceptors (Lipinski definition) is 6. The molecule has 0 radical (unpaired) electrons. The van der Waals surface area contributed by atoms with E-state index in [1.807, 2.05) is 0 Å². The Morgan fingerprint density at radius 1 is 1.00 bits per heavy atom. The van der Waals surface area contributed by atoms with Gasteiger partial charge in [-0.15, -0.1) is 0 Å². The summed E-state index contributed by atoms with van der Waals surface area (Å²) in [5.74, 6) is 0. The number of nitrogens with one attached hydrogen (secondary N) is 1. The van der Waals surface area contributed by atoms with E-state index in [9.17, 15) is 18.5 Å². The predicted octanol–water partition coefficient (Wildman–Crippen LogP) is 4.89. The summed E-state index contributed by atoms with van der Waals surface area (Å²) in [6.45, 7) is 0. The lowest BCUT2D eigenvalue weighted by Crippen LogP contribution is -2.13. The molecule has 10 heteroatoms. The van der Waals surface area contributed by atoms with Gasteiger partial charge in [-0.25, -0.2) is 8.42 Å². The summed E-state index contributed by atoms with van der Waals surface area (Å²) >= 11 is 4.43. The molecule has 0 bridgehead atoms. The van der Waals surface area contributed by atoms with E-state index in [0.29, 0.717) is 16.3 Å². The molecule has 0 unspecified atom stereocenters. The molecule has 144 valence electrons. The number of rotatable bonds is 6. The average molecular weight is 480 g/mol. The minimum Gasteiger partial charge on any atom is -0.399 e. The number of benzene rings is 3. The lowest BCUT2D eigenvalue weighted by Gasteiger charge is -2.10. The molecule has 0 aliphatic carbocycles. The number of halogens is 1. The number of sulfonamides is 1. The van der Waals surface area contributed by atoms with Crippen LogP contribution in [-0.2, 0) is 10.0 Å². The van der Waals surface area contributed by atoms with Crippen LogP contribution in [-0.4, -0.2) is 13.3 Å². The third-order valence-corrected chi connectivity index (χ3v) is 6.62. The van der Waals surface area contributed by atoms with Crippen molar-refractivity contribution in [3.63, 3.8) is 0 Å². The van der Waals surface area contributed by atoms with Crippen molar-refractivity contribution in [3.05, 3.63) is 81.3 Å². The highest BCUT2D eigenvalue weighted by Crippen LogP contribution is 2.36. The molecule has 0 aliphatic rings. The van der Waals surface area contributed by atoms with E-state index in [2.05, 4.69) is 20.7 Å². The summed E-state index contributed by atoms with van der Waals surface area (Å²) < 4.78 is 28.4. The maximum Gasteiger partial charge on any atom is 0.284 e. The quantitative estimate of drug-likeness (QED) is 0.295. The van der Waals surface area contributed by atoms with E-state index >= 15 is 0 Å². The fourth-order valence-corrected chi connectivity index (χ4v) is 4.53. The molecule has 0 heterocycles.